The van der Waals surface area contributed by atoms with Gasteiger partial charge in [0.15, 0.2) is 5.01 Å². The molecule has 0 aliphatic rings. The number of hydrogen-bond donors (Lipinski definition) is 3. The zero-order valence-electron chi connectivity index (χ0n) is 12.8. The van der Waals surface area contributed by atoms with Crippen LogP contribution in [0.4, 0.5) is 5.13 Å². The monoisotopic (exact) mass is 383 g/mol. The maximum atomic E-state index is 8.74. The SMILES string of the molecule is CCCCNc1nnc(-c2nn(C)c(C)c2Cl)s1.O=S(=O)(O)O. The van der Waals surface area contributed by atoms with Crippen LogP contribution in [0.5, 0.6) is 0 Å². The summed E-state index contributed by atoms with van der Waals surface area (Å²) in [5.74, 6) is 0. The molecule has 0 aliphatic carbocycles. The van der Waals surface area contributed by atoms with Crippen LogP contribution in [-0.4, -0.2) is 44.0 Å². The summed E-state index contributed by atoms with van der Waals surface area (Å²) >= 11 is 7.70. The van der Waals surface area contributed by atoms with Gasteiger partial charge in [-0.15, -0.1) is 10.2 Å². The van der Waals surface area contributed by atoms with Crippen molar-refractivity contribution in [2.24, 2.45) is 7.05 Å². The number of anilines is 1. The minimum Gasteiger partial charge on any atom is -0.360 e. The Labute approximate surface area is 143 Å². The van der Waals surface area contributed by atoms with E-state index >= 15 is 0 Å². The van der Waals surface area contributed by atoms with Crippen LogP contribution in [0.15, 0.2) is 0 Å². The average molecular weight is 384 g/mol. The first-order valence-corrected chi connectivity index (χ1v) is 9.19. The van der Waals surface area contributed by atoms with E-state index in [0.717, 1.165) is 35.2 Å². The van der Waals surface area contributed by atoms with Gasteiger partial charge in [-0.25, -0.2) is 0 Å². The number of halogens is 1. The van der Waals surface area contributed by atoms with Crippen LogP contribution >= 0.6 is 22.9 Å². The highest BCUT2D eigenvalue weighted by atomic mass is 35.5. The number of aryl methyl sites for hydroxylation is 1. The molecule has 130 valence electrons. The van der Waals surface area contributed by atoms with Crippen LogP contribution in [0.2, 0.25) is 5.02 Å². The molecule has 0 aliphatic heterocycles. The Hall–Kier alpha value is -1.27. The lowest BCUT2D eigenvalue weighted by molar-refractivity contribution is 0.381. The van der Waals surface area contributed by atoms with Crippen LogP contribution in [0.25, 0.3) is 10.7 Å². The first-order valence-electron chi connectivity index (χ1n) is 6.60. The highest BCUT2D eigenvalue weighted by Gasteiger charge is 2.16. The smallest absolute Gasteiger partial charge is 0.360 e. The third kappa shape index (κ3) is 6.79. The Morgan fingerprint density at radius 1 is 1.35 bits per heavy atom. The van der Waals surface area contributed by atoms with Gasteiger partial charge in [-0.05, 0) is 13.3 Å². The number of nitrogens with zero attached hydrogens (tertiary/aromatic N) is 4. The lowest BCUT2D eigenvalue weighted by Crippen LogP contribution is -1.99. The van der Waals surface area contributed by atoms with Crippen molar-refractivity contribution >= 4 is 38.5 Å². The largest absolute Gasteiger partial charge is 0.394 e. The van der Waals surface area contributed by atoms with Crippen LogP contribution in [0.3, 0.4) is 0 Å². The molecule has 2 aromatic heterocycles. The molecular weight excluding hydrogens is 366 g/mol. The lowest BCUT2D eigenvalue weighted by Gasteiger charge is -1.97. The predicted molar refractivity (Wildman–Crippen MR) is 89.4 cm³/mol. The molecule has 12 heteroatoms. The number of nitrogens with one attached hydrogen (secondary N) is 1. The Morgan fingerprint density at radius 2 is 1.96 bits per heavy atom. The number of aromatic nitrogens is 4. The summed E-state index contributed by atoms with van der Waals surface area (Å²) in [4.78, 5) is 0. The molecule has 0 unspecified atom stereocenters. The molecule has 23 heavy (non-hydrogen) atoms. The second-order valence-electron chi connectivity index (χ2n) is 4.51. The molecule has 0 atom stereocenters. The molecule has 0 saturated heterocycles. The fourth-order valence-electron chi connectivity index (χ4n) is 1.48. The summed E-state index contributed by atoms with van der Waals surface area (Å²) in [5.41, 5.74) is 1.64. The van der Waals surface area contributed by atoms with Crippen molar-refractivity contribution in [1.82, 2.24) is 20.0 Å². The van der Waals surface area contributed by atoms with Crippen molar-refractivity contribution in [1.29, 1.82) is 0 Å². The number of rotatable bonds is 5. The molecule has 3 N–H and O–H groups in total. The van der Waals surface area contributed by atoms with Crippen LogP contribution in [0, 0.1) is 6.92 Å². The molecule has 0 fully saturated rings. The molecule has 0 amide bonds. The molecule has 2 rings (SSSR count). The fourth-order valence-corrected chi connectivity index (χ4v) is 2.55. The van der Waals surface area contributed by atoms with E-state index in [1.807, 2.05) is 14.0 Å². The van der Waals surface area contributed by atoms with Gasteiger partial charge in [0, 0.05) is 13.6 Å². The van der Waals surface area contributed by atoms with E-state index in [9.17, 15) is 0 Å². The quantitative estimate of drug-likeness (QED) is 0.530. The maximum Gasteiger partial charge on any atom is 0.394 e. The van der Waals surface area contributed by atoms with Crippen molar-refractivity contribution in [3.8, 4) is 10.7 Å². The van der Waals surface area contributed by atoms with Crippen molar-refractivity contribution < 1.29 is 17.5 Å². The molecule has 0 radical (unpaired) electrons. The first kappa shape index (κ1) is 19.8. The zero-order chi connectivity index (χ0) is 17.6. The standard InChI is InChI=1S/C11H16ClN5S.H2O4S/c1-4-5-6-13-11-15-14-10(18-11)9-8(12)7(2)17(3)16-9;1-5(2,3)4/h4-6H2,1-3H3,(H,13,15);(H2,1,2,3,4). The summed E-state index contributed by atoms with van der Waals surface area (Å²) in [5, 5.41) is 18.0. The van der Waals surface area contributed by atoms with Gasteiger partial charge in [-0.3, -0.25) is 13.8 Å². The summed E-state index contributed by atoms with van der Waals surface area (Å²) in [6.45, 7) is 5.00. The minimum atomic E-state index is -4.67. The van der Waals surface area contributed by atoms with E-state index in [-0.39, 0.29) is 0 Å². The van der Waals surface area contributed by atoms with Crippen LogP contribution < -0.4 is 5.32 Å². The molecule has 2 heterocycles. The van der Waals surface area contributed by atoms with Crippen molar-refractivity contribution in [3.05, 3.63) is 10.7 Å². The highest BCUT2D eigenvalue weighted by molar-refractivity contribution is 7.79. The van der Waals surface area contributed by atoms with E-state index in [4.69, 9.17) is 29.1 Å². The number of unbranched alkanes of at least 4 members (excludes halogenated alkanes) is 1. The second kappa shape index (κ2) is 8.55. The van der Waals surface area contributed by atoms with Gasteiger partial charge in [0.25, 0.3) is 0 Å². The summed E-state index contributed by atoms with van der Waals surface area (Å²) in [7, 11) is -2.80. The van der Waals surface area contributed by atoms with Gasteiger partial charge < -0.3 is 5.32 Å². The Balaban J connectivity index is 0.000000463. The summed E-state index contributed by atoms with van der Waals surface area (Å²) < 4.78 is 33.3. The number of hydrogen-bond acceptors (Lipinski definition) is 7. The Morgan fingerprint density at radius 3 is 2.43 bits per heavy atom. The van der Waals surface area contributed by atoms with Crippen molar-refractivity contribution in [2.75, 3.05) is 11.9 Å². The van der Waals surface area contributed by atoms with Crippen molar-refractivity contribution in [3.63, 3.8) is 0 Å². The normalized spacial score (nSPS) is 11.0. The topological polar surface area (TPSA) is 130 Å². The van der Waals surface area contributed by atoms with E-state index < -0.39 is 10.4 Å². The van der Waals surface area contributed by atoms with Crippen molar-refractivity contribution in [2.45, 2.75) is 26.7 Å². The van der Waals surface area contributed by atoms with Gasteiger partial charge in [0.1, 0.15) is 5.69 Å². The summed E-state index contributed by atoms with van der Waals surface area (Å²) in [6.07, 6.45) is 2.28. The molecule has 0 spiro atoms. The van der Waals surface area contributed by atoms with E-state index in [0.29, 0.717) is 10.7 Å². The maximum absolute atomic E-state index is 8.74. The second-order valence-corrected chi connectivity index (χ2v) is 6.76. The minimum absolute atomic E-state index is 0.647. The third-order valence-electron chi connectivity index (χ3n) is 2.70. The van der Waals surface area contributed by atoms with E-state index in [1.165, 1.54) is 11.3 Å². The van der Waals surface area contributed by atoms with Gasteiger partial charge in [-0.2, -0.15) is 13.5 Å². The highest BCUT2D eigenvalue weighted by Crippen LogP contribution is 2.32. The lowest BCUT2D eigenvalue weighted by atomic mass is 10.3. The van der Waals surface area contributed by atoms with Gasteiger partial charge in [-0.1, -0.05) is 36.3 Å². The predicted octanol–water partition coefficient (Wildman–Crippen LogP) is 2.46. The van der Waals surface area contributed by atoms with Gasteiger partial charge in [0.05, 0.1) is 10.7 Å². The zero-order valence-corrected chi connectivity index (χ0v) is 15.2. The Bertz CT molecular complexity index is 736. The van der Waals surface area contributed by atoms with E-state index in [2.05, 4.69) is 27.5 Å². The molecular formula is C11H18ClN5O4S2. The van der Waals surface area contributed by atoms with Gasteiger partial charge >= 0.3 is 10.4 Å². The van der Waals surface area contributed by atoms with Crippen LogP contribution in [0.1, 0.15) is 25.5 Å². The Kier molecular flexibility index (Phi) is 7.35. The third-order valence-corrected chi connectivity index (χ3v) is 4.04. The summed E-state index contributed by atoms with van der Waals surface area (Å²) in [6, 6.07) is 0. The molecule has 0 saturated carbocycles. The van der Waals surface area contributed by atoms with Crippen LogP contribution in [-0.2, 0) is 17.4 Å². The fraction of sp³-hybridized carbons (Fsp3) is 0.545. The van der Waals surface area contributed by atoms with E-state index in [1.54, 1.807) is 4.68 Å². The first-order chi connectivity index (χ1) is 10.6. The molecule has 2 aromatic rings. The molecule has 9 nitrogen and oxygen atoms in total. The molecule has 0 aromatic carbocycles. The van der Waals surface area contributed by atoms with Gasteiger partial charge in [0.2, 0.25) is 5.13 Å². The average Bonchev–Trinajstić information content (AvgIpc) is 2.98. The molecule has 0 bridgehead atoms.